The maximum atomic E-state index is 14.2. The zero-order chi connectivity index (χ0) is 31.0. The van der Waals surface area contributed by atoms with Crippen LogP contribution in [0.3, 0.4) is 0 Å². The van der Waals surface area contributed by atoms with Gasteiger partial charge in [0.2, 0.25) is 11.8 Å². The molecule has 0 radical (unpaired) electrons. The highest BCUT2D eigenvalue weighted by molar-refractivity contribution is 7.92. The van der Waals surface area contributed by atoms with Crippen LogP contribution in [0.1, 0.15) is 62.6 Å². The zero-order valence-corrected chi connectivity index (χ0v) is 26.4. The summed E-state index contributed by atoms with van der Waals surface area (Å²) < 4.78 is 35.2. The van der Waals surface area contributed by atoms with Crippen molar-refractivity contribution in [2.24, 2.45) is 0 Å². The van der Waals surface area contributed by atoms with E-state index in [0.717, 1.165) is 53.1 Å². The van der Waals surface area contributed by atoms with Crippen LogP contribution in [0.5, 0.6) is 5.75 Å². The maximum Gasteiger partial charge on any atom is 0.264 e. The Morgan fingerprint density at radius 1 is 0.907 bits per heavy atom. The number of nitrogens with one attached hydrogen (secondary N) is 1. The van der Waals surface area contributed by atoms with E-state index in [4.69, 9.17) is 4.74 Å². The van der Waals surface area contributed by atoms with Crippen LogP contribution < -0.4 is 14.4 Å². The molecule has 1 aliphatic carbocycles. The average molecular weight is 606 g/mol. The first-order chi connectivity index (χ1) is 20.6. The van der Waals surface area contributed by atoms with E-state index in [2.05, 4.69) is 5.32 Å². The standard InChI is InChI=1S/C34H43N3O5S/c1-5-42-32-14-10-9-13-31(32)37(43(40,41)30-21-17-26(3)18-22-30)24-33(38)36(23-28-19-15-25(2)16-20-28)27(4)34(39)35-29-11-7-6-8-12-29/h9-10,13-22,27,29H,5-8,11-12,23-24H2,1-4H3,(H,35,39). The smallest absolute Gasteiger partial charge is 0.264 e. The number of ether oxygens (including phenoxy) is 1. The van der Waals surface area contributed by atoms with Gasteiger partial charge in [0.15, 0.2) is 0 Å². The highest BCUT2D eigenvalue weighted by atomic mass is 32.2. The van der Waals surface area contributed by atoms with Crippen molar-refractivity contribution < 1.29 is 22.7 Å². The lowest BCUT2D eigenvalue weighted by Crippen LogP contribution is -2.53. The fourth-order valence-corrected chi connectivity index (χ4v) is 6.76. The van der Waals surface area contributed by atoms with Gasteiger partial charge in [0.25, 0.3) is 10.0 Å². The molecule has 1 atom stereocenters. The van der Waals surface area contributed by atoms with Gasteiger partial charge >= 0.3 is 0 Å². The van der Waals surface area contributed by atoms with Crippen LogP contribution in [-0.2, 0) is 26.2 Å². The molecular weight excluding hydrogens is 562 g/mol. The van der Waals surface area contributed by atoms with E-state index < -0.39 is 28.5 Å². The molecule has 8 nitrogen and oxygen atoms in total. The molecule has 0 aliphatic heterocycles. The van der Waals surface area contributed by atoms with Gasteiger partial charge in [0.1, 0.15) is 18.3 Å². The Hall–Kier alpha value is -3.85. The molecule has 9 heteroatoms. The zero-order valence-electron chi connectivity index (χ0n) is 25.6. The molecule has 1 N–H and O–H groups in total. The van der Waals surface area contributed by atoms with E-state index in [0.29, 0.717) is 12.4 Å². The van der Waals surface area contributed by atoms with E-state index in [1.54, 1.807) is 43.3 Å². The molecule has 3 aromatic carbocycles. The van der Waals surface area contributed by atoms with Crippen LogP contribution in [0.4, 0.5) is 5.69 Å². The summed E-state index contributed by atoms with van der Waals surface area (Å²) in [5.41, 5.74) is 3.10. The van der Waals surface area contributed by atoms with Crippen molar-refractivity contribution in [1.82, 2.24) is 10.2 Å². The Balaban J connectivity index is 1.71. The minimum Gasteiger partial charge on any atom is -0.492 e. The summed E-state index contributed by atoms with van der Waals surface area (Å²) in [4.78, 5) is 29.3. The van der Waals surface area contributed by atoms with Crippen molar-refractivity contribution in [3.8, 4) is 5.75 Å². The summed E-state index contributed by atoms with van der Waals surface area (Å²) in [7, 11) is -4.18. The lowest BCUT2D eigenvalue weighted by molar-refractivity contribution is -0.139. The molecule has 0 saturated heterocycles. The van der Waals surface area contributed by atoms with Crippen molar-refractivity contribution in [2.45, 2.75) is 83.3 Å². The number of sulfonamides is 1. The number of aryl methyl sites for hydroxylation is 2. The first-order valence-electron chi connectivity index (χ1n) is 15.1. The molecule has 43 heavy (non-hydrogen) atoms. The number of hydrogen-bond donors (Lipinski definition) is 1. The Morgan fingerprint density at radius 3 is 2.14 bits per heavy atom. The molecule has 3 aromatic rings. The lowest BCUT2D eigenvalue weighted by Gasteiger charge is -2.33. The number of carbonyl (C=O) groups is 2. The van der Waals surface area contributed by atoms with E-state index in [9.17, 15) is 18.0 Å². The molecule has 1 aliphatic rings. The summed E-state index contributed by atoms with van der Waals surface area (Å²) in [5, 5.41) is 3.14. The van der Waals surface area contributed by atoms with Crippen molar-refractivity contribution >= 4 is 27.5 Å². The number of hydrogen-bond acceptors (Lipinski definition) is 5. The Labute approximate surface area is 256 Å². The third-order valence-corrected chi connectivity index (χ3v) is 9.69. The van der Waals surface area contributed by atoms with Crippen LogP contribution >= 0.6 is 0 Å². The number of rotatable bonds is 12. The molecule has 1 unspecified atom stereocenters. The fraction of sp³-hybridized carbons (Fsp3) is 0.412. The summed E-state index contributed by atoms with van der Waals surface area (Å²) in [6, 6.07) is 20.3. The second-order valence-electron chi connectivity index (χ2n) is 11.3. The fourth-order valence-electron chi connectivity index (χ4n) is 5.33. The number of anilines is 1. The summed E-state index contributed by atoms with van der Waals surface area (Å²) in [5.74, 6) is -0.384. The molecular formula is C34H43N3O5S. The molecule has 2 amide bonds. The topological polar surface area (TPSA) is 96.0 Å². The van der Waals surface area contributed by atoms with Crippen molar-refractivity contribution in [2.75, 3.05) is 17.5 Å². The Bertz CT molecular complexity index is 1480. The van der Waals surface area contributed by atoms with E-state index in [1.807, 2.05) is 45.0 Å². The van der Waals surface area contributed by atoms with Gasteiger partial charge in [-0.1, -0.05) is 78.9 Å². The van der Waals surface area contributed by atoms with Gasteiger partial charge in [-0.15, -0.1) is 0 Å². The van der Waals surface area contributed by atoms with Crippen molar-refractivity contribution in [3.05, 3.63) is 89.5 Å². The number of amides is 2. The SMILES string of the molecule is CCOc1ccccc1N(CC(=O)N(Cc1ccc(C)cc1)C(C)C(=O)NC1CCCCC1)S(=O)(=O)c1ccc(C)cc1. The number of nitrogens with zero attached hydrogens (tertiary/aromatic N) is 2. The second kappa shape index (κ2) is 14.6. The molecule has 1 fully saturated rings. The van der Waals surface area contributed by atoms with Gasteiger partial charge in [0, 0.05) is 12.6 Å². The monoisotopic (exact) mass is 605 g/mol. The highest BCUT2D eigenvalue weighted by Gasteiger charge is 2.34. The summed E-state index contributed by atoms with van der Waals surface area (Å²) in [6.45, 7) is 7.35. The normalized spacial score (nSPS) is 14.5. The van der Waals surface area contributed by atoms with Gasteiger partial charge in [-0.05, 0) is 70.4 Å². The summed E-state index contributed by atoms with van der Waals surface area (Å²) in [6.07, 6.45) is 5.13. The molecule has 0 heterocycles. The molecule has 0 aromatic heterocycles. The van der Waals surface area contributed by atoms with Gasteiger partial charge < -0.3 is 15.0 Å². The van der Waals surface area contributed by atoms with Crippen LogP contribution in [-0.4, -0.2) is 50.4 Å². The van der Waals surface area contributed by atoms with Crippen LogP contribution in [0.25, 0.3) is 0 Å². The third kappa shape index (κ3) is 8.16. The minimum absolute atomic E-state index is 0.0605. The van der Waals surface area contributed by atoms with Gasteiger partial charge in [0.05, 0.1) is 17.2 Å². The Morgan fingerprint density at radius 2 is 1.51 bits per heavy atom. The van der Waals surface area contributed by atoms with E-state index in [1.165, 1.54) is 17.0 Å². The predicted octanol–water partition coefficient (Wildman–Crippen LogP) is 5.76. The minimum atomic E-state index is -4.18. The first kappa shape index (κ1) is 32.1. The first-order valence-corrected chi connectivity index (χ1v) is 16.5. The van der Waals surface area contributed by atoms with Crippen LogP contribution in [0.2, 0.25) is 0 Å². The second-order valence-corrected chi connectivity index (χ2v) is 13.1. The largest absolute Gasteiger partial charge is 0.492 e. The molecule has 0 bridgehead atoms. The average Bonchev–Trinajstić information content (AvgIpc) is 3.00. The number of para-hydroxylation sites is 2. The Kier molecular flexibility index (Phi) is 10.9. The van der Waals surface area contributed by atoms with E-state index >= 15 is 0 Å². The van der Waals surface area contributed by atoms with Crippen molar-refractivity contribution in [3.63, 3.8) is 0 Å². The van der Waals surface area contributed by atoms with Crippen LogP contribution in [0, 0.1) is 13.8 Å². The highest BCUT2D eigenvalue weighted by Crippen LogP contribution is 2.33. The molecule has 1 saturated carbocycles. The van der Waals surface area contributed by atoms with Gasteiger partial charge in [-0.25, -0.2) is 8.42 Å². The molecule has 230 valence electrons. The summed E-state index contributed by atoms with van der Waals surface area (Å²) >= 11 is 0. The van der Waals surface area contributed by atoms with Crippen molar-refractivity contribution in [1.29, 1.82) is 0 Å². The maximum absolute atomic E-state index is 14.2. The van der Waals surface area contributed by atoms with E-state index in [-0.39, 0.29) is 29.1 Å². The number of benzene rings is 3. The molecule has 4 rings (SSSR count). The number of carbonyl (C=O) groups excluding carboxylic acids is 2. The third-order valence-electron chi connectivity index (χ3n) is 7.91. The predicted molar refractivity (Wildman–Crippen MR) is 170 cm³/mol. The van der Waals surface area contributed by atoms with Gasteiger partial charge in [-0.3, -0.25) is 13.9 Å². The quantitative estimate of drug-likeness (QED) is 0.283. The van der Waals surface area contributed by atoms with Gasteiger partial charge in [-0.2, -0.15) is 0 Å². The molecule has 0 spiro atoms. The van der Waals surface area contributed by atoms with Crippen LogP contribution in [0.15, 0.2) is 77.7 Å². The lowest BCUT2D eigenvalue weighted by atomic mass is 9.95.